The Labute approximate surface area is 97.6 Å². The van der Waals surface area contributed by atoms with Crippen LogP contribution >= 0.6 is 0 Å². The lowest BCUT2D eigenvalue weighted by Crippen LogP contribution is -2.28. The molecule has 2 unspecified atom stereocenters. The summed E-state index contributed by atoms with van der Waals surface area (Å²) in [5.74, 6) is 0.562. The van der Waals surface area contributed by atoms with E-state index in [9.17, 15) is 4.79 Å². The van der Waals surface area contributed by atoms with Crippen LogP contribution in [-0.2, 0) is 9.53 Å². The number of unbranched alkanes of at least 4 members (excludes halogenated alkanes) is 1. The van der Waals surface area contributed by atoms with Crippen molar-refractivity contribution in [1.29, 1.82) is 0 Å². The van der Waals surface area contributed by atoms with Gasteiger partial charge in [0.2, 0.25) is 0 Å². The average molecular weight is 223 g/mol. The minimum absolute atomic E-state index is 0.000319. The lowest BCUT2D eigenvalue weighted by atomic mass is 10.0. The standard InChI is InChI=1S/C13H21NO2/c1-3-5-6-11(4-2)10-16-13-9-14-8-7-12(13)15/h7-9,11,13H,3-6,10H2,1-2H3. The summed E-state index contributed by atoms with van der Waals surface area (Å²) in [6.07, 6.45) is 8.83. The smallest absolute Gasteiger partial charge is 0.191 e. The van der Waals surface area contributed by atoms with E-state index in [1.54, 1.807) is 6.21 Å². The lowest BCUT2D eigenvalue weighted by Gasteiger charge is -2.18. The molecule has 0 radical (unpaired) electrons. The molecule has 0 aliphatic carbocycles. The summed E-state index contributed by atoms with van der Waals surface area (Å²) in [4.78, 5) is 15.3. The van der Waals surface area contributed by atoms with E-state index in [0.717, 1.165) is 6.42 Å². The molecule has 2 atom stereocenters. The molecule has 1 heterocycles. The van der Waals surface area contributed by atoms with Gasteiger partial charge < -0.3 is 4.74 Å². The molecule has 0 aromatic rings. The third-order valence-corrected chi connectivity index (χ3v) is 2.88. The second kappa shape index (κ2) is 7.34. The molecule has 0 aromatic carbocycles. The molecule has 0 N–H and O–H groups in total. The highest BCUT2D eigenvalue weighted by Crippen LogP contribution is 2.14. The van der Waals surface area contributed by atoms with Crippen LogP contribution in [0.25, 0.3) is 0 Å². The highest BCUT2D eigenvalue weighted by molar-refractivity contribution is 6.06. The van der Waals surface area contributed by atoms with Crippen LogP contribution in [0.3, 0.4) is 0 Å². The fourth-order valence-electron chi connectivity index (χ4n) is 1.68. The summed E-state index contributed by atoms with van der Waals surface area (Å²) in [5, 5.41) is 0. The van der Waals surface area contributed by atoms with Gasteiger partial charge in [0.05, 0.1) is 6.61 Å². The molecule has 0 spiro atoms. The van der Waals surface area contributed by atoms with Crippen LogP contribution < -0.4 is 0 Å². The van der Waals surface area contributed by atoms with Crippen molar-refractivity contribution in [2.45, 2.75) is 45.6 Å². The van der Waals surface area contributed by atoms with Crippen LogP contribution in [0.1, 0.15) is 39.5 Å². The van der Waals surface area contributed by atoms with E-state index >= 15 is 0 Å². The molecule has 0 saturated heterocycles. The molecule has 0 saturated carbocycles. The topological polar surface area (TPSA) is 38.7 Å². The first-order chi connectivity index (χ1) is 7.77. The molecule has 0 fully saturated rings. The maximum absolute atomic E-state index is 11.4. The third-order valence-electron chi connectivity index (χ3n) is 2.88. The van der Waals surface area contributed by atoms with Crippen molar-refractivity contribution in [2.24, 2.45) is 10.9 Å². The number of ketones is 1. The molecule has 1 aliphatic heterocycles. The summed E-state index contributed by atoms with van der Waals surface area (Å²) < 4.78 is 5.60. The highest BCUT2D eigenvalue weighted by Gasteiger charge is 2.18. The van der Waals surface area contributed by atoms with Crippen LogP contribution in [0.2, 0.25) is 0 Å². The van der Waals surface area contributed by atoms with Gasteiger partial charge in [0.15, 0.2) is 11.9 Å². The first-order valence-electron chi connectivity index (χ1n) is 6.13. The second-order valence-electron chi connectivity index (χ2n) is 4.19. The van der Waals surface area contributed by atoms with E-state index in [1.165, 1.54) is 31.5 Å². The number of hydrogen-bond donors (Lipinski definition) is 0. The van der Waals surface area contributed by atoms with Crippen molar-refractivity contribution in [3.8, 4) is 0 Å². The van der Waals surface area contributed by atoms with Gasteiger partial charge in [-0.05, 0) is 12.3 Å². The molecule has 0 bridgehead atoms. The van der Waals surface area contributed by atoms with Gasteiger partial charge in [-0.3, -0.25) is 9.79 Å². The Bertz CT molecular complexity index is 271. The summed E-state index contributed by atoms with van der Waals surface area (Å²) in [7, 11) is 0. The summed E-state index contributed by atoms with van der Waals surface area (Å²) in [6.45, 7) is 5.02. The van der Waals surface area contributed by atoms with Crippen molar-refractivity contribution in [3.63, 3.8) is 0 Å². The zero-order valence-corrected chi connectivity index (χ0v) is 10.2. The third kappa shape index (κ3) is 4.27. The monoisotopic (exact) mass is 223 g/mol. The number of carbonyl (C=O) groups excluding carboxylic acids is 1. The number of ether oxygens (including phenoxy) is 1. The van der Waals surface area contributed by atoms with E-state index in [-0.39, 0.29) is 5.78 Å². The van der Waals surface area contributed by atoms with Crippen LogP contribution in [0.4, 0.5) is 0 Å². The van der Waals surface area contributed by atoms with Crippen LogP contribution in [0.5, 0.6) is 0 Å². The van der Waals surface area contributed by atoms with Gasteiger partial charge in [0.25, 0.3) is 0 Å². The predicted octanol–water partition coefficient (Wildman–Crippen LogP) is 2.76. The number of hydrogen-bond acceptors (Lipinski definition) is 3. The summed E-state index contributed by atoms with van der Waals surface area (Å²) >= 11 is 0. The minimum Gasteiger partial charge on any atom is -0.364 e. The average Bonchev–Trinajstić information content (AvgIpc) is 2.31. The first kappa shape index (κ1) is 13.1. The van der Waals surface area contributed by atoms with Gasteiger partial charge in [0.1, 0.15) is 0 Å². The van der Waals surface area contributed by atoms with E-state index < -0.39 is 6.10 Å². The van der Waals surface area contributed by atoms with E-state index in [1.807, 2.05) is 0 Å². The molecule has 90 valence electrons. The highest BCUT2D eigenvalue weighted by atomic mass is 16.5. The molecular formula is C13H21NO2. The zero-order chi connectivity index (χ0) is 11.8. The Balaban J connectivity index is 2.29. The Morgan fingerprint density at radius 3 is 2.94 bits per heavy atom. The van der Waals surface area contributed by atoms with Crippen LogP contribution in [-0.4, -0.2) is 24.7 Å². The quantitative estimate of drug-likeness (QED) is 0.665. The maximum atomic E-state index is 11.4. The Hall–Kier alpha value is -0.960. The van der Waals surface area contributed by atoms with Gasteiger partial charge in [0, 0.05) is 18.5 Å². The number of rotatable bonds is 7. The van der Waals surface area contributed by atoms with Crippen LogP contribution in [0.15, 0.2) is 17.3 Å². The van der Waals surface area contributed by atoms with Crippen molar-refractivity contribution >= 4 is 12.0 Å². The molecule has 3 nitrogen and oxygen atoms in total. The number of aliphatic imine (C=N–C) groups is 1. The van der Waals surface area contributed by atoms with E-state index in [2.05, 4.69) is 18.8 Å². The van der Waals surface area contributed by atoms with Gasteiger partial charge in [-0.15, -0.1) is 0 Å². The second-order valence-corrected chi connectivity index (χ2v) is 4.19. The molecule has 0 aromatic heterocycles. The van der Waals surface area contributed by atoms with Gasteiger partial charge >= 0.3 is 0 Å². The molecular weight excluding hydrogens is 202 g/mol. The zero-order valence-electron chi connectivity index (χ0n) is 10.2. The normalized spacial score (nSPS) is 21.4. The Morgan fingerprint density at radius 2 is 2.31 bits per heavy atom. The minimum atomic E-state index is -0.458. The largest absolute Gasteiger partial charge is 0.364 e. The number of nitrogens with zero attached hydrogens (tertiary/aromatic N) is 1. The van der Waals surface area contributed by atoms with Crippen LogP contribution in [0, 0.1) is 5.92 Å². The van der Waals surface area contributed by atoms with E-state index in [0.29, 0.717) is 12.5 Å². The fourth-order valence-corrected chi connectivity index (χ4v) is 1.68. The van der Waals surface area contributed by atoms with Gasteiger partial charge in [-0.2, -0.15) is 0 Å². The molecule has 16 heavy (non-hydrogen) atoms. The molecule has 1 rings (SSSR count). The van der Waals surface area contributed by atoms with Crippen molar-refractivity contribution in [2.75, 3.05) is 6.61 Å². The van der Waals surface area contributed by atoms with Crippen molar-refractivity contribution < 1.29 is 9.53 Å². The lowest BCUT2D eigenvalue weighted by molar-refractivity contribution is -0.122. The first-order valence-corrected chi connectivity index (χ1v) is 6.13. The summed E-state index contributed by atoms with van der Waals surface area (Å²) in [5.41, 5.74) is 0. The van der Waals surface area contributed by atoms with Gasteiger partial charge in [-0.25, -0.2) is 0 Å². The Kier molecular flexibility index (Phi) is 6.01. The predicted molar refractivity (Wildman–Crippen MR) is 65.7 cm³/mol. The number of carbonyl (C=O) groups is 1. The van der Waals surface area contributed by atoms with Crippen molar-refractivity contribution in [3.05, 3.63) is 12.3 Å². The Morgan fingerprint density at radius 1 is 1.50 bits per heavy atom. The van der Waals surface area contributed by atoms with E-state index in [4.69, 9.17) is 4.74 Å². The fraction of sp³-hybridized carbons (Fsp3) is 0.692. The maximum Gasteiger partial charge on any atom is 0.191 e. The SMILES string of the molecule is CCCCC(CC)COC1C=NC=CC1=O. The van der Waals surface area contributed by atoms with Crippen molar-refractivity contribution in [1.82, 2.24) is 0 Å². The van der Waals surface area contributed by atoms with Gasteiger partial charge in [-0.1, -0.05) is 33.1 Å². The summed E-state index contributed by atoms with van der Waals surface area (Å²) in [6, 6.07) is 0. The molecule has 3 heteroatoms. The molecule has 1 aliphatic rings. The molecule has 0 amide bonds.